The van der Waals surface area contributed by atoms with E-state index in [1.54, 1.807) is 0 Å². The molecule has 100 valence electrons. The van der Waals surface area contributed by atoms with Crippen LogP contribution in [-0.2, 0) is 0 Å². The van der Waals surface area contributed by atoms with E-state index in [1.165, 1.54) is 31.4 Å². The second-order valence-corrected chi connectivity index (χ2v) is 4.94. The molecule has 0 amide bonds. The monoisotopic (exact) mass is 248 g/mol. The Bertz CT molecular complexity index is 392. The van der Waals surface area contributed by atoms with Crippen LogP contribution in [0.4, 0.5) is 11.4 Å². The Morgan fingerprint density at radius 3 is 2.83 bits per heavy atom. The van der Waals surface area contributed by atoms with Crippen LogP contribution in [0.15, 0.2) is 18.2 Å². The zero-order valence-corrected chi connectivity index (χ0v) is 11.5. The quantitative estimate of drug-likeness (QED) is 0.830. The first-order valence-electron chi connectivity index (χ1n) is 7.04. The highest BCUT2D eigenvalue weighted by molar-refractivity contribution is 5.61. The lowest BCUT2D eigenvalue weighted by Crippen LogP contribution is -2.39. The minimum Gasteiger partial charge on any atom is -0.494 e. The van der Waals surface area contributed by atoms with Crippen LogP contribution in [0.5, 0.6) is 5.75 Å². The van der Waals surface area contributed by atoms with Crippen LogP contribution >= 0.6 is 0 Å². The summed E-state index contributed by atoms with van der Waals surface area (Å²) in [5, 5.41) is 0. The fourth-order valence-electron chi connectivity index (χ4n) is 2.79. The fraction of sp³-hybridized carbons (Fsp3) is 0.600. The average molecular weight is 248 g/mol. The molecule has 0 aliphatic carbocycles. The van der Waals surface area contributed by atoms with Crippen LogP contribution in [0.3, 0.4) is 0 Å². The van der Waals surface area contributed by atoms with E-state index in [2.05, 4.69) is 24.0 Å². The van der Waals surface area contributed by atoms with Crippen molar-refractivity contribution >= 4 is 11.4 Å². The molecular formula is C15H24N2O. The smallest absolute Gasteiger partial charge is 0.123 e. The van der Waals surface area contributed by atoms with Gasteiger partial charge in [0.15, 0.2) is 0 Å². The van der Waals surface area contributed by atoms with E-state index >= 15 is 0 Å². The van der Waals surface area contributed by atoms with Gasteiger partial charge < -0.3 is 15.4 Å². The highest BCUT2D eigenvalue weighted by Crippen LogP contribution is 2.31. The molecule has 1 aromatic carbocycles. The van der Waals surface area contributed by atoms with Gasteiger partial charge in [0.2, 0.25) is 0 Å². The summed E-state index contributed by atoms with van der Waals surface area (Å²) in [6.45, 7) is 6.07. The van der Waals surface area contributed by atoms with Crippen LogP contribution in [0.1, 0.15) is 39.5 Å². The summed E-state index contributed by atoms with van der Waals surface area (Å²) in [5.74, 6) is 0.882. The molecule has 3 heteroatoms. The molecule has 1 aliphatic rings. The molecule has 3 nitrogen and oxygen atoms in total. The van der Waals surface area contributed by atoms with Gasteiger partial charge in [0.05, 0.1) is 6.61 Å². The zero-order valence-electron chi connectivity index (χ0n) is 11.5. The zero-order chi connectivity index (χ0) is 13.0. The molecule has 1 aliphatic heterocycles. The Labute approximate surface area is 110 Å². The average Bonchev–Trinajstić information content (AvgIpc) is 2.38. The highest BCUT2D eigenvalue weighted by Gasteiger charge is 2.21. The fourth-order valence-corrected chi connectivity index (χ4v) is 2.79. The molecule has 0 aromatic heterocycles. The number of rotatable bonds is 4. The van der Waals surface area contributed by atoms with Crippen LogP contribution < -0.4 is 15.4 Å². The second-order valence-electron chi connectivity index (χ2n) is 4.94. The summed E-state index contributed by atoms with van der Waals surface area (Å²) in [6, 6.07) is 6.73. The summed E-state index contributed by atoms with van der Waals surface area (Å²) in [5.41, 5.74) is 7.98. The lowest BCUT2D eigenvalue weighted by Gasteiger charge is -2.37. The first-order valence-corrected chi connectivity index (χ1v) is 7.04. The Morgan fingerprint density at radius 1 is 1.28 bits per heavy atom. The van der Waals surface area contributed by atoms with Crippen molar-refractivity contribution in [1.82, 2.24) is 0 Å². The van der Waals surface area contributed by atoms with Crippen molar-refractivity contribution in [1.29, 1.82) is 0 Å². The Morgan fingerprint density at radius 2 is 2.11 bits per heavy atom. The molecule has 1 aromatic rings. The molecule has 1 atom stereocenters. The molecule has 1 saturated heterocycles. The maximum absolute atomic E-state index is 5.98. The maximum Gasteiger partial charge on any atom is 0.123 e. The molecule has 0 bridgehead atoms. The maximum atomic E-state index is 5.98. The first kappa shape index (κ1) is 13.1. The summed E-state index contributed by atoms with van der Waals surface area (Å²) < 4.78 is 5.58. The van der Waals surface area contributed by atoms with E-state index < -0.39 is 0 Å². The van der Waals surface area contributed by atoms with Gasteiger partial charge in [-0.3, -0.25) is 0 Å². The van der Waals surface area contributed by atoms with Crippen molar-refractivity contribution in [3.63, 3.8) is 0 Å². The minimum absolute atomic E-state index is 0.648. The van der Waals surface area contributed by atoms with Gasteiger partial charge in [0, 0.05) is 36.1 Å². The largest absolute Gasteiger partial charge is 0.494 e. The summed E-state index contributed by atoms with van der Waals surface area (Å²) in [4.78, 5) is 2.49. The van der Waals surface area contributed by atoms with Crippen molar-refractivity contribution in [3.05, 3.63) is 18.2 Å². The summed E-state index contributed by atoms with van der Waals surface area (Å²) in [6.07, 6.45) is 5.10. The third kappa shape index (κ3) is 2.89. The van der Waals surface area contributed by atoms with E-state index in [-0.39, 0.29) is 0 Å². The molecular weight excluding hydrogens is 224 g/mol. The highest BCUT2D eigenvalue weighted by atomic mass is 16.5. The molecule has 0 spiro atoms. The van der Waals surface area contributed by atoms with Gasteiger partial charge in [-0.15, -0.1) is 0 Å². The van der Waals surface area contributed by atoms with Crippen LogP contribution in [0.25, 0.3) is 0 Å². The number of hydrogen-bond acceptors (Lipinski definition) is 3. The number of nitrogens with zero attached hydrogens (tertiary/aromatic N) is 1. The van der Waals surface area contributed by atoms with Crippen molar-refractivity contribution in [2.24, 2.45) is 0 Å². The van der Waals surface area contributed by atoms with E-state index in [1.807, 2.05) is 13.0 Å². The molecule has 2 N–H and O–H groups in total. The number of nitrogen functional groups attached to an aromatic ring is 1. The molecule has 2 rings (SSSR count). The molecule has 0 saturated carbocycles. The molecule has 1 unspecified atom stereocenters. The minimum atomic E-state index is 0.648. The van der Waals surface area contributed by atoms with Crippen molar-refractivity contribution in [3.8, 4) is 5.75 Å². The van der Waals surface area contributed by atoms with Gasteiger partial charge in [-0.2, -0.15) is 0 Å². The third-order valence-corrected chi connectivity index (χ3v) is 3.65. The van der Waals surface area contributed by atoms with Gasteiger partial charge in [-0.25, -0.2) is 0 Å². The number of benzene rings is 1. The molecule has 18 heavy (non-hydrogen) atoms. The lowest BCUT2D eigenvalue weighted by molar-refractivity contribution is 0.340. The molecule has 1 fully saturated rings. The van der Waals surface area contributed by atoms with Gasteiger partial charge in [0.25, 0.3) is 0 Å². The van der Waals surface area contributed by atoms with E-state index in [9.17, 15) is 0 Å². The van der Waals surface area contributed by atoms with Crippen molar-refractivity contribution in [2.75, 3.05) is 23.8 Å². The Kier molecular flexibility index (Phi) is 4.34. The van der Waals surface area contributed by atoms with E-state index in [4.69, 9.17) is 10.5 Å². The van der Waals surface area contributed by atoms with Gasteiger partial charge in [0.1, 0.15) is 5.75 Å². The van der Waals surface area contributed by atoms with Crippen LogP contribution in [0.2, 0.25) is 0 Å². The summed E-state index contributed by atoms with van der Waals surface area (Å²) >= 11 is 0. The summed E-state index contributed by atoms with van der Waals surface area (Å²) in [7, 11) is 0. The number of ether oxygens (including phenoxy) is 1. The molecule has 0 radical (unpaired) electrons. The predicted octanol–water partition coefficient (Wildman–Crippen LogP) is 3.44. The standard InChI is InChI=1S/C15H24N2O/c1-3-13-7-5-6-8-17(13)14-9-12(16)10-15(11-14)18-4-2/h9-11,13H,3-8,16H2,1-2H3. The van der Waals surface area contributed by atoms with Crippen LogP contribution in [0, 0.1) is 0 Å². The molecule has 1 heterocycles. The first-order chi connectivity index (χ1) is 8.74. The van der Waals surface area contributed by atoms with Crippen LogP contribution in [-0.4, -0.2) is 19.2 Å². The number of nitrogens with two attached hydrogens (primary N) is 1. The normalized spacial score (nSPS) is 19.9. The topological polar surface area (TPSA) is 38.5 Å². The Balaban J connectivity index is 2.24. The van der Waals surface area contributed by atoms with Gasteiger partial charge in [-0.05, 0) is 38.7 Å². The number of hydrogen-bond donors (Lipinski definition) is 1. The Hall–Kier alpha value is -1.38. The van der Waals surface area contributed by atoms with Crippen molar-refractivity contribution in [2.45, 2.75) is 45.6 Å². The number of piperidine rings is 1. The van der Waals surface area contributed by atoms with Crippen molar-refractivity contribution < 1.29 is 4.74 Å². The second kappa shape index (κ2) is 5.98. The number of anilines is 2. The lowest BCUT2D eigenvalue weighted by atomic mass is 9.99. The SMILES string of the molecule is CCOc1cc(N)cc(N2CCCCC2CC)c1. The van der Waals surface area contributed by atoms with E-state index in [0.717, 1.165) is 18.0 Å². The van der Waals surface area contributed by atoms with Gasteiger partial charge >= 0.3 is 0 Å². The van der Waals surface area contributed by atoms with E-state index in [0.29, 0.717) is 12.6 Å². The van der Waals surface area contributed by atoms with Gasteiger partial charge in [-0.1, -0.05) is 6.92 Å². The predicted molar refractivity (Wildman–Crippen MR) is 77.3 cm³/mol. The third-order valence-electron chi connectivity index (χ3n) is 3.65.